The van der Waals surface area contributed by atoms with Crippen LogP contribution in [-0.2, 0) is 0 Å². The van der Waals surface area contributed by atoms with Crippen LogP contribution in [0.4, 0.5) is 5.69 Å². The number of aryl methyl sites for hydroxylation is 1. The number of hydrogen-bond acceptors (Lipinski definition) is 4. The Morgan fingerprint density at radius 1 is 1.62 bits per heavy atom. The van der Waals surface area contributed by atoms with Gasteiger partial charge in [0.15, 0.2) is 5.78 Å². The Kier molecular flexibility index (Phi) is 3.59. The molecule has 6 heteroatoms. The molecule has 0 saturated heterocycles. The molecular weight excluding hydrogens is 232 g/mol. The van der Waals surface area contributed by atoms with E-state index in [9.17, 15) is 14.9 Å². The zero-order chi connectivity index (χ0) is 12.3. The number of ketones is 1. The molecule has 0 aliphatic heterocycles. The maximum atomic E-state index is 11.4. The molecule has 0 aromatic heterocycles. The third-order valence-electron chi connectivity index (χ3n) is 2.10. The molecule has 1 aromatic carbocycles. The van der Waals surface area contributed by atoms with Gasteiger partial charge in [-0.05, 0) is 13.0 Å². The highest BCUT2D eigenvalue weighted by Gasteiger charge is 2.23. The van der Waals surface area contributed by atoms with Crippen LogP contribution in [0.15, 0.2) is 12.1 Å². The van der Waals surface area contributed by atoms with Gasteiger partial charge in [0.05, 0.1) is 10.8 Å². The maximum Gasteiger partial charge on any atom is 0.290 e. The Morgan fingerprint density at radius 3 is 2.69 bits per heavy atom. The molecule has 0 saturated carbocycles. The van der Waals surface area contributed by atoms with Crippen molar-refractivity contribution in [3.8, 4) is 6.07 Å². The average Bonchev–Trinajstić information content (AvgIpc) is 2.26. The van der Waals surface area contributed by atoms with E-state index in [1.54, 1.807) is 6.07 Å². The summed E-state index contributed by atoms with van der Waals surface area (Å²) in [5.74, 6) is -0.809. The van der Waals surface area contributed by atoms with E-state index < -0.39 is 10.7 Å². The van der Waals surface area contributed by atoms with Crippen molar-refractivity contribution in [3.05, 3.63) is 38.9 Å². The summed E-state index contributed by atoms with van der Waals surface area (Å²) in [5, 5.41) is 19.6. The molecule has 0 amide bonds. The first-order valence-corrected chi connectivity index (χ1v) is 4.83. The number of benzene rings is 1. The molecule has 0 aliphatic rings. The molecule has 0 N–H and O–H groups in total. The van der Waals surface area contributed by atoms with E-state index in [1.165, 1.54) is 19.1 Å². The van der Waals surface area contributed by atoms with Crippen molar-refractivity contribution >= 4 is 23.1 Å². The first-order chi connectivity index (χ1) is 7.52. The number of hydrogen-bond donors (Lipinski definition) is 0. The predicted molar refractivity (Wildman–Crippen MR) is 57.6 cm³/mol. The van der Waals surface area contributed by atoms with Gasteiger partial charge in [0.1, 0.15) is 11.6 Å². The smallest absolute Gasteiger partial charge is 0.290 e. The number of carbonyl (C=O) groups excluding carboxylic acids is 1. The number of nitriles is 1. The van der Waals surface area contributed by atoms with Gasteiger partial charge in [0.2, 0.25) is 0 Å². The fourth-order valence-corrected chi connectivity index (χ4v) is 1.49. The Hall–Kier alpha value is -1.93. The summed E-state index contributed by atoms with van der Waals surface area (Å²) in [6.45, 7) is 1.51. The molecule has 0 spiro atoms. The van der Waals surface area contributed by atoms with Crippen LogP contribution in [0.5, 0.6) is 0 Å². The molecule has 5 nitrogen and oxygen atoms in total. The summed E-state index contributed by atoms with van der Waals surface area (Å²) in [6.07, 6.45) is 0. The molecule has 0 aliphatic carbocycles. The third kappa shape index (κ3) is 2.02. The van der Waals surface area contributed by atoms with Crippen LogP contribution >= 0.6 is 11.6 Å². The first kappa shape index (κ1) is 12.1. The van der Waals surface area contributed by atoms with Crippen LogP contribution in [0.25, 0.3) is 0 Å². The largest absolute Gasteiger partial charge is 0.293 e. The zero-order valence-corrected chi connectivity index (χ0v) is 9.11. The minimum atomic E-state index is -0.668. The van der Waals surface area contributed by atoms with Gasteiger partial charge in [-0.3, -0.25) is 14.9 Å². The van der Waals surface area contributed by atoms with Crippen LogP contribution in [-0.4, -0.2) is 16.6 Å². The van der Waals surface area contributed by atoms with Crippen molar-refractivity contribution in [1.82, 2.24) is 0 Å². The summed E-state index contributed by atoms with van der Waals surface area (Å²) < 4.78 is 0. The van der Waals surface area contributed by atoms with Crippen LogP contribution in [0.1, 0.15) is 21.5 Å². The number of rotatable bonds is 3. The lowest BCUT2D eigenvalue weighted by Gasteiger charge is -2.03. The zero-order valence-electron chi connectivity index (χ0n) is 8.36. The summed E-state index contributed by atoms with van der Waals surface area (Å²) in [4.78, 5) is 21.5. The van der Waals surface area contributed by atoms with Crippen molar-refractivity contribution in [2.45, 2.75) is 6.92 Å². The van der Waals surface area contributed by atoms with E-state index >= 15 is 0 Å². The Balaban J connectivity index is 3.57. The normalized spacial score (nSPS) is 9.56. The number of nitro benzene ring substituents is 1. The Morgan fingerprint density at radius 2 is 2.25 bits per heavy atom. The second kappa shape index (κ2) is 4.73. The van der Waals surface area contributed by atoms with Crippen molar-refractivity contribution < 1.29 is 9.72 Å². The SMILES string of the molecule is Cc1ccc(C(=O)CCl)c(C#N)c1[N+](=O)[O-]. The highest BCUT2D eigenvalue weighted by atomic mass is 35.5. The predicted octanol–water partition coefficient (Wildman–Crippen LogP) is 2.20. The average molecular weight is 239 g/mol. The van der Waals surface area contributed by atoms with Gasteiger partial charge in [-0.15, -0.1) is 11.6 Å². The highest BCUT2D eigenvalue weighted by molar-refractivity contribution is 6.30. The van der Waals surface area contributed by atoms with E-state index in [-0.39, 0.29) is 22.7 Å². The van der Waals surface area contributed by atoms with E-state index in [4.69, 9.17) is 16.9 Å². The standard InChI is InChI=1S/C10H7ClN2O3/c1-6-2-3-7(9(14)4-11)8(5-12)10(6)13(15)16/h2-3H,4H2,1H3. The fraction of sp³-hybridized carbons (Fsp3) is 0.200. The maximum absolute atomic E-state index is 11.4. The van der Waals surface area contributed by atoms with E-state index in [2.05, 4.69) is 0 Å². The van der Waals surface area contributed by atoms with Crippen LogP contribution in [0.3, 0.4) is 0 Å². The van der Waals surface area contributed by atoms with Crippen LogP contribution in [0, 0.1) is 28.4 Å². The topological polar surface area (TPSA) is 84.0 Å². The van der Waals surface area contributed by atoms with E-state index in [0.717, 1.165) is 0 Å². The third-order valence-corrected chi connectivity index (χ3v) is 2.34. The number of Topliss-reactive ketones (excluding diaryl/α,β-unsaturated/α-hetero) is 1. The number of nitro groups is 1. The van der Waals surface area contributed by atoms with Crippen molar-refractivity contribution in [2.75, 3.05) is 5.88 Å². The molecule has 0 radical (unpaired) electrons. The van der Waals surface area contributed by atoms with Crippen molar-refractivity contribution in [2.24, 2.45) is 0 Å². The summed E-state index contributed by atoms with van der Waals surface area (Å²) in [6, 6.07) is 4.49. The van der Waals surface area contributed by atoms with E-state index in [0.29, 0.717) is 5.56 Å². The molecular formula is C10H7ClN2O3. The van der Waals surface area contributed by atoms with Crippen LogP contribution < -0.4 is 0 Å². The lowest BCUT2D eigenvalue weighted by molar-refractivity contribution is -0.385. The summed E-state index contributed by atoms with van der Waals surface area (Å²) in [5.41, 5.74) is -0.225. The highest BCUT2D eigenvalue weighted by Crippen LogP contribution is 2.26. The number of nitrogens with zero attached hydrogens (tertiary/aromatic N) is 2. The van der Waals surface area contributed by atoms with Crippen molar-refractivity contribution in [1.29, 1.82) is 5.26 Å². The Bertz CT molecular complexity index is 506. The van der Waals surface area contributed by atoms with Gasteiger partial charge >= 0.3 is 0 Å². The molecule has 82 valence electrons. The molecule has 0 heterocycles. The van der Waals surface area contributed by atoms with E-state index in [1.807, 2.05) is 0 Å². The van der Waals surface area contributed by atoms with Gasteiger partial charge in [-0.1, -0.05) is 6.07 Å². The molecule has 1 aromatic rings. The number of carbonyl (C=O) groups is 1. The van der Waals surface area contributed by atoms with Gasteiger partial charge in [0.25, 0.3) is 5.69 Å². The second-order valence-corrected chi connectivity index (χ2v) is 3.35. The lowest BCUT2D eigenvalue weighted by Crippen LogP contribution is -2.07. The summed E-state index contributed by atoms with van der Waals surface area (Å²) in [7, 11) is 0. The number of alkyl halides is 1. The molecule has 0 bridgehead atoms. The minimum Gasteiger partial charge on any atom is -0.293 e. The summed E-state index contributed by atoms with van der Waals surface area (Å²) >= 11 is 5.36. The molecule has 0 atom stereocenters. The van der Waals surface area contributed by atoms with Gasteiger partial charge in [-0.2, -0.15) is 5.26 Å². The van der Waals surface area contributed by atoms with Gasteiger partial charge in [0, 0.05) is 11.1 Å². The first-order valence-electron chi connectivity index (χ1n) is 4.30. The molecule has 0 unspecified atom stereocenters. The minimum absolute atomic E-state index is 0.00481. The second-order valence-electron chi connectivity index (χ2n) is 3.08. The molecule has 16 heavy (non-hydrogen) atoms. The molecule has 1 rings (SSSR count). The van der Waals surface area contributed by atoms with Gasteiger partial charge < -0.3 is 0 Å². The molecule has 0 fully saturated rings. The Labute approximate surface area is 96.4 Å². The monoisotopic (exact) mass is 238 g/mol. The lowest BCUT2D eigenvalue weighted by atomic mass is 10.00. The van der Waals surface area contributed by atoms with Crippen molar-refractivity contribution in [3.63, 3.8) is 0 Å². The van der Waals surface area contributed by atoms with Crippen LogP contribution in [0.2, 0.25) is 0 Å². The number of halogens is 1. The van der Waals surface area contributed by atoms with Gasteiger partial charge in [-0.25, -0.2) is 0 Å². The quantitative estimate of drug-likeness (QED) is 0.350. The fourth-order valence-electron chi connectivity index (χ4n) is 1.35.